The molecule has 1 aromatic rings. The molecular formula is C6H3ClF3N. The molecular weight excluding hydrogens is 179 g/mol. The number of pyridine rings is 1. The molecule has 5 heteroatoms. The molecule has 1 heterocycles. The monoisotopic (exact) mass is 181 g/mol. The number of rotatable bonds is 1. The third-order valence-electron chi connectivity index (χ3n) is 1.10. The molecule has 0 bridgehead atoms. The fraction of sp³-hybridized carbons (Fsp3) is 0.167. The maximum absolute atomic E-state index is 12.6. The lowest BCUT2D eigenvalue weighted by Gasteiger charge is -2.00. The summed E-state index contributed by atoms with van der Waals surface area (Å²) in [5.41, 5.74) is -0.766. The maximum Gasteiger partial charge on any atom is 0.268 e. The molecule has 0 radical (unpaired) electrons. The van der Waals surface area contributed by atoms with E-state index in [1.54, 1.807) is 0 Å². The largest absolute Gasteiger partial charge is 0.268 e. The van der Waals surface area contributed by atoms with E-state index < -0.39 is 17.8 Å². The SMILES string of the molecule is Fc1c(Cl)cncc1C(F)F. The Balaban J connectivity index is 3.17. The van der Waals surface area contributed by atoms with Gasteiger partial charge in [-0.3, -0.25) is 4.98 Å². The fourth-order valence-corrected chi connectivity index (χ4v) is 0.752. The van der Waals surface area contributed by atoms with Crippen LogP contribution in [-0.4, -0.2) is 4.98 Å². The van der Waals surface area contributed by atoms with E-state index in [0.717, 1.165) is 12.4 Å². The standard InChI is InChI=1S/C6H3ClF3N/c7-4-2-11-1-3(5(4)8)6(9)10/h1-2,6H. The van der Waals surface area contributed by atoms with Crippen molar-refractivity contribution in [1.29, 1.82) is 0 Å². The predicted octanol–water partition coefficient (Wildman–Crippen LogP) is 2.81. The molecule has 0 aromatic carbocycles. The van der Waals surface area contributed by atoms with Gasteiger partial charge in [-0.05, 0) is 0 Å². The van der Waals surface area contributed by atoms with Gasteiger partial charge in [0.2, 0.25) is 0 Å². The molecule has 0 saturated carbocycles. The zero-order valence-electron chi connectivity index (χ0n) is 5.19. The molecule has 1 aromatic heterocycles. The van der Waals surface area contributed by atoms with Gasteiger partial charge in [0, 0.05) is 12.4 Å². The van der Waals surface area contributed by atoms with Crippen molar-refractivity contribution >= 4 is 11.6 Å². The molecule has 0 aliphatic rings. The first kappa shape index (κ1) is 8.33. The summed E-state index contributed by atoms with van der Waals surface area (Å²) in [5, 5.41) is -0.386. The quantitative estimate of drug-likeness (QED) is 0.649. The molecule has 0 aliphatic heterocycles. The van der Waals surface area contributed by atoms with Crippen molar-refractivity contribution in [1.82, 2.24) is 4.98 Å². The van der Waals surface area contributed by atoms with Crippen LogP contribution >= 0.6 is 11.6 Å². The third kappa shape index (κ3) is 1.63. The van der Waals surface area contributed by atoms with Crippen molar-refractivity contribution in [2.75, 3.05) is 0 Å². The van der Waals surface area contributed by atoms with Crippen LogP contribution in [0.15, 0.2) is 12.4 Å². The second kappa shape index (κ2) is 3.09. The van der Waals surface area contributed by atoms with Crippen LogP contribution in [0.1, 0.15) is 12.0 Å². The van der Waals surface area contributed by atoms with Crippen molar-refractivity contribution < 1.29 is 13.2 Å². The molecule has 0 unspecified atom stereocenters. The summed E-state index contributed by atoms with van der Waals surface area (Å²) in [6.07, 6.45) is -1.14. The molecule has 60 valence electrons. The van der Waals surface area contributed by atoms with Gasteiger partial charge in [0.15, 0.2) is 5.82 Å². The number of hydrogen-bond acceptors (Lipinski definition) is 1. The Morgan fingerprint density at radius 3 is 2.45 bits per heavy atom. The second-order valence-electron chi connectivity index (χ2n) is 1.83. The maximum atomic E-state index is 12.6. The van der Waals surface area contributed by atoms with Crippen LogP contribution in [0.25, 0.3) is 0 Å². The summed E-state index contributed by atoms with van der Waals surface area (Å²) < 4.78 is 36.3. The van der Waals surface area contributed by atoms with E-state index >= 15 is 0 Å². The minimum absolute atomic E-state index is 0.386. The minimum atomic E-state index is -2.87. The third-order valence-corrected chi connectivity index (χ3v) is 1.36. The van der Waals surface area contributed by atoms with Crippen LogP contribution < -0.4 is 0 Å². The smallest absolute Gasteiger partial charge is 0.262 e. The van der Waals surface area contributed by atoms with Crippen molar-refractivity contribution in [3.8, 4) is 0 Å². The first-order valence-corrected chi connectivity index (χ1v) is 3.07. The molecule has 0 N–H and O–H groups in total. The van der Waals surface area contributed by atoms with E-state index in [9.17, 15) is 13.2 Å². The number of halogens is 4. The van der Waals surface area contributed by atoms with Crippen molar-refractivity contribution in [2.45, 2.75) is 6.43 Å². The summed E-state index contributed by atoms with van der Waals surface area (Å²) in [6.45, 7) is 0. The van der Waals surface area contributed by atoms with E-state index in [4.69, 9.17) is 11.6 Å². The highest BCUT2D eigenvalue weighted by molar-refractivity contribution is 6.30. The van der Waals surface area contributed by atoms with Crippen molar-refractivity contribution in [3.05, 3.63) is 28.8 Å². The molecule has 0 atom stereocenters. The van der Waals surface area contributed by atoms with Crippen LogP contribution in [0.5, 0.6) is 0 Å². The average molecular weight is 182 g/mol. The molecule has 0 aliphatic carbocycles. The summed E-state index contributed by atoms with van der Waals surface area (Å²) >= 11 is 5.19. The first-order valence-electron chi connectivity index (χ1n) is 2.70. The number of alkyl halides is 2. The lowest BCUT2D eigenvalue weighted by Crippen LogP contribution is -1.92. The van der Waals surface area contributed by atoms with Gasteiger partial charge in [-0.15, -0.1) is 0 Å². The van der Waals surface area contributed by atoms with E-state index in [2.05, 4.69) is 4.98 Å². The number of nitrogens with zero attached hydrogens (tertiary/aromatic N) is 1. The van der Waals surface area contributed by atoms with Gasteiger partial charge in [-0.2, -0.15) is 0 Å². The number of hydrogen-bond donors (Lipinski definition) is 0. The Hall–Kier alpha value is -0.770. The first-order chi connectivity index (χ1) is 5.13. The predicted molar refractivity (Wildman–Crippen MR) is 34.2 cm³/mol. The molecule has 0 fully saturated rings. The lowest BCUT2D eigenvalue weighted by atomic mass is 10.3. The van der Waals surface area contributed by atoms with Crippen LogP contribution in [-0.2, 0) is 0 Å². The second-order valence-corrected chi connectivity index (χ2v) is 2.23. The topological polar surface area (TPSA) is 12.9 Å². The highest BCUT2D eigenvalue weighted by Crippen LogP contribution is 2.24. The van der Waals surface area contributed by atoms with Crippen LogP contribution in [0.2, 0.25) is 5.02 Å². The summed E-state index contributed by atoms with van der Waals surface area (Å²) in [7, 11) is 0. The van der Waals surface area contributed by atoms with Gasteiger partial charge in [-0.1, -0.05) is 11.6 Å². The van der Waals surface area contributed by atoms with E-state index in [1.807, 2.05) is 0 Å². The minimum Gasteiger partial charge on any atom is -0.262 e. The van der Waals surface area contributed by atoms with E-state index in [0.29, 0.717) is 0 Å². The lowest BCUT2D eigenvalue weighted by molar-refractivity contribution is 0.146. The Labute approximate surface area is 65.8 Å². The van der Waals surface area contributed by atoms with Gasteiger partial charge in [0.05, 0.1) is 10.6 Å². The van der Waals surface area contributed by atoms with Crippen LogP contribution in [0.3, 0.4) is 0 Å². The zero-order valence-corrected chi connectivity index (χ0v) is 5.95. The average Bonchev–Trinajstić information content (AvgIpc) is 1.94. The Bertz CT molecular complexity index is 264. The molecule has 0 amide bonds. The molecule has 1 nitrogen and oxygen atoms in total. The summed E-state index contributed by atoms with van der Waals surface area (Å²) in [4.78, 5) is 3.31. The van der Waals surface area contributed by atoms with Crippen molar-refractivity contribution in [3.63, 3.8) is 0 Å². The van der Waals surface area contributed by atoms with E-state index in [-0.39, 0.29) is 5.02 Å². The molecule has 0 spiro atoms. The van der Waals surface area contributed by atoms with Crippen LogP contribution in [0, 0.1) is 5.82 Å². The molecule has 11 heavy (non-hydrogen) atoms. The highest BCUT2D eigenvalue weighted by atomic mass is 35.5. The summed E-state index contributed by atoms with van der Waals surface area (Å²) in [5.74, 6) is -1.10. The van der Waals surface area contributed by atoms with Crippen LogP contribution in [0.4, 0.5) is 13.2 Å². The zero-order chi connectivity index (χ0) is 8.43. The Morgan fingerprint density at radius 1 is 1.36 bits per heavy atom. The Kier molecular flexibility index (Phi) is 2.34. The molecule has 0 saturated heterocycles. The van der Waals surface area contributed by atoms with Gasteiger partial charge < -0.3 is 0 Å². The van der Waals surface area contributed by atoms with Gasteiger partial charge in [-0.25, -0.2) is 13.2 Å². The van der Waals surface area contributed by atoms with E-state index in [1.165, 1.54) is 0 Å². The van der Waals surface area contributed by atoms with Crippen molar-refractivity contribution in [2.24, 2.45) is 0 Å². The molecule has 1 rings (SSSR count). The highest BCUT2D eigenvalue weighted by Gasteiger charge is 2.15. The van der Waals surface area contributed by atoms with Gasteiger partial charge in [0.25, 0.3) is 6.43 Å². The Morgan fingerprint density at radius 2 is 2.00 bits per heavy atom. The number of aromatic nitrogens is 1. The fourth-order valence-electron chi connectivity index (χ4n) is 0.586. The summed E-state index contributed by atoms with van der Waals surface area (Å²) in [6, 6.07) is 0. The van der Waals surface area contributed by atoms with Gasteiger partial charge in [0.1, 0.15) is 0 Å². The normalized spacial score (nSPS) is 10.6. The van der Waals surface area contributed by atoms with Gasteiger partial charge >= 0.3 is 0 Å².